The van der Waals surface area contributed by atoms with Gasteiger partial charge in [-0.05, 0) is 75.3 Å². The number of rotatable bonds is 5. The zero-order valence-electron chi connectivity index (χ0n) is 19.4. The topological polar surface area (TPSA) is 82.4 Å². The number of hydrogen-bond acceptors (Lipinski definition) is 5. The molecule has 182 valence electrons. The van der Waals surface area contributed by atoms with E-state index in [0.29, 0.717) is 29.7 Å². The van der Waals surface area contributed by atoms with Gasteiger partial charge in [-0.3, -0.25) is 0 Å². The summed E-state index contributed by atoms with van der Waals surface area (Å²) in [6, 6.07) is 4.16. The first-order valence-electron chi connectivity index (χ1n) is 12.6. The minimum Gasteiger partial charge on any atom is -0.396 e. The van der Waals surface area contributed by atoms with Gasteiger partial charge in [-0.1, -0.05) is 18.9 Å². The number of aliphatic hydroxyl groups is 1. The molecular formula is C26H33F2N5O. The Bertz CT molecular complexity index is 1010. The van der Waals surface area contributed by atoms with Crippen molar-refractivity contribution in [2.45, 2.75) is 70.3 Å². The molecule has 2 aliphatic carbocycles. The summed E-state index contributed by atoms with van der Waals surface area (Å²) >= 11 is 0. The second-order valence-electron chi connectivity index (χ2n) is 9.98. The van der Waals surface area contributed by atoms with Crippen LogP contribution in [0, 0.1) is 29.4 Å². The van der Waals surface area contributed by atoms with Gasteiger partial charge < -0.3 is 15.7 Å². The largest absolute Gasteiger partial charge is 0.396 e. The molecule has 0 amide bonds. The lowest BCUT2D eigenvalue weighted by Crippen LogP contribution is -2.28. The van der Waals surface area contributed by atoms with Crippen molar-refractivity contribution in [2.75, 3.05) is 17.2 Å². The van der Waals surface area contributed by atoms with Crippen molar-refractivity contribution in [3.63, 3.8) is 0 Å². The van der Waals surface area contributed by atoms with Crippen molar-refractivity contribution in [1.82, 2.24) is 9.97 Å². The first kappa shape index (κ1) is 23.1. The highest BCUT2D eigenvalue weighted by Crippen LogP contribution is 2.38. The number of para-hydroxylation sites is 1. The highest BCUT2D eigenvalue weighted by atomic mass is 19.1. The molecule has 8 heteroatoms. The number of nitrogens with one attached hydrogen (secondary N) is 2. The van der Waals surface area contributed by atoms with Gasteiger partial charge in [-0.25, -0.2) is 23.7 Å². The molecule has 1 aromatic carbocycles. The van der Waals surface area contributed by atoms with Gasteiger partial charge >= 0.3 is 0 Å². The fourth-order valence-corrected chi connectivity index (χ4v) is 5.76. The SMILES string of the molecule is OCC1CCC(Nc2ncc3c(n2)CCC(C2CCCC2)C(=Nc2c(F)cccc2F)N3)CC1. The van der Waals surface area contributed by atoms with Crippen LogP contribution in [0.25, 0.3) is 0 Å². The first-order valence-corrected chi connectivity index (χ1v) is 12.6. The Morgan fingerprint density at radius 1 is 1.03 bits per heavy atom. The van der Waals surface area contributed by atoms with Gasteiger partial charge in [0, 0.05) is 18.6 Å². The molecule has 1 aromatic heterocycles. The van der Waals surface area contributed by atoms with Crippen LogP contribution in [0.5, 0.6) is 0 Å². The molecule has 2 fully saturated rings. The molecule has 2 heterocycles. The van der Waals surface area contributed by atoms with Crippen molar-refractivity contribution in [3.8, 4) is 0 Å². The van der Waals surface area contributed by atoms with E-state index in [4.69, 9.17) is 4.98 Å². The van der Waals surface area contributed by atoms with Gasteiger partial charge in [0.05, 0.1) is 17.6 Å². The highest BCUT2D eigenvalue weighted by molar-refractivity contribution is 6.00. The lowest BCUT2D eigenvalue weighted by atomic mass is 9.86. The standard InChI is InChI=1S/C26H33F2N5O/c27-20-6-3-7-21(28)24(20)33-25-19(17-4-1-2-5-17)12-13-22-23(31-25)14-29-26(32-22)30-18-10-8-16(15-34)9-11-18/h3,6-7,14,16-19,34H,1-2,4-5,8-13,15H2,(H,31,33)(H,29,30,32). The summed E-state index contributed by atoms with van der Waals surface area (Å²) in [7, 11) is 0. The normalized spacial score (nSPS) is 26.7. The number of nitrogens with zero attached hydrogens (tertiary/aromatic N) is 3. The third-order valence-corrected chi connectivity index (χ3v) is 7.75. The van der Waals surface area contributed by atoms with Crippen LogP contribution in [0.2, 0.25) is 0 Å². The lowest BCUT2D eigenvalue weighted by molar-refractivity contribution is 0.185. The number of fused-ring (bicyclic) bond motifs is 1. The van der Waals surface area contributed by atoms with Crippen LogP contribution in [0.15, 0.2) is 29.4 Å². The highest BCUT2D eigenvalue weighted by Gasteiger charge is 2.32. The van der Waals surface area contributed by atoms with Crippen LogP contribution in [0.1, 0.15) is 63.5 Å². The van der Waals surface area contributed by atoms with Crippen LogP contribution in [0.4, 0.5) is 26.1 Å². The van der Waals surface area contributed by atoms with E-state index in [-0.39, 0.29) is 18.2 Å². The zero-order valence-corrected chi connectivity index (χ0v) is 19.4. The Morgan fingerprint density at radius 2 is 1.76 bits per heavy atom. The number of hydrogen-bond donors (Lipinski definition) is 3. The molecule has 2 saturated carbocycles. The van der Waals surface area contributed by atoms with E-state index in [1.54, 1.807) is 6.20 Å². The molecule has 34 heavy (non-hydrogen) atoms. The Morgan fingerprint density at radius 3 is 2.47 bits per heavy atom. The molecule has 5 rings (SSSR count). The van der Waals surface area contributed by atoms with Crippen LogP contribution in [0.3, 0.4) is 0 Å². The molecule has 0 radical (unpaired) electrons. The fraction of sp³-hybridized carbons (Fsp3) is 0.577. The van der Waals surface area contributed by atoms with Crippen LogP contribution in [-0.4, -0.2) is 33.6 Å². The number of aliphatic imine (C=N–C) groups is 1. The number of aromatic nitrogens is 2. The maximum atomic E-state index is 14.4. The molecule has 3 N–H and O–H groups in total. The summed E-state index contributed by atoms with van der Waals surface area (Å²) in [6.45, 7) is 0.260. The third-order valence-electron chi connectivity index (χ3n) is 7.75. The van der Waals surface area contributed by atoms with E-state index in [1.165, 1.54) is 31.0 Å². The maximum absolute atomic E-state index is 14.4. The van der Waals surface area contributed by atoms with Gasteiger partial charge in [-0.2, -0.15) is 0 Å². The predicted octanol–water partition coefficient (Wildman–Crippen LogP) is 5.61. The number of halogens is 2. The molecule has 1 atom stereocenters. The molecule has 1 aliphatic heterocycles. The predicted molar refractivity (Wildman–Crippen MR) is 129 cm³/mol. The van der Waals surface area contributed by atoms with E-state index in [1.807, 2.05) is 0 Å². The summed E-state index contributed by atoms with van der Waals surface area (Å²) < 4.78 is 28.8. The summed E-state index contributed by atoms with van der Waals surface area (Å²) in [5.74, 6) is 0.863. The Kier molecular flexibility index (Phi) is 7.04. The molecule has 0 spiro atoms. The second kappa shape index (κ2) is 10.3. The molecular weight excluding hydrogens is 436 g/mol. The first-order chi connectivity index (χ1) is 16.6. The van der Waals surface area contributed by atoms with E-state index >= 15 is 0 Å². The van der Waals surface area contributed by atoms with E-state index in [2.05, 4.69) is 20.6 Å². The van der Waals surface area contributed by atoms with Crippen molar-refractivity contribution < 1.29 is 13.9 Å². The van der Waals surface area contributed by atoms with Crippen molar-refractivity contribution >= 4 is 23.2 Å². The third kappa shape index (κ3) is 5.06. The number of benzene rings is 1. The molecule has 6 nitrogen and oxygen atoms in total. The summed E-state index contributed by atoms with van der Waals surface area (Å²) in [5, 5.41) is 16.2. The minimum absolute atomic E-state index is 0.0980. The minimum atomic E-state index is -0.657. The monoisotopic (exact) mass is 469 g/mol. The number of aryl methyl sites for hydroxylation is 1. The Labute approximate surface area is 199 Å². The second-order valence-corrected chi connectivity index (χ2v) is 9.98. The van der Waals surface area contributed by atoms with E-state index in [0.717, 1.165) is 62.7 Å². The van der Waals surface area contributed by atoms with Gasteiger partial charge in [0.2, 0.25) is 5.95 Å². The van der Waals surface area contributed by atoms with Crippen molar-refractivity contribution in [1.29, 1.82) is 0 Å². The van der Waals surface area contributed by atoms with Crippen molar-refractivity contribution in [3.05, 3.63) is 41.7 Å². The van der Waals surface area contributed by atoms with Gasteiger partial charge in [0.25, 0.3) is 0 Å². The number of anilines is 2. The number of aliphatic hydroxyl groups excluding tert-OH is 1. The maximum Gasteiger partial charge on any atom is 0.223 e. The Balaban J connectivity index is 1.40. The zero-order chi connectivity index (χ0) is 23.5. The smallest absolute Gasteiger partial charge is 0.223 e. The molecule has 3 aliphatic rings. The van der Waals surface area contributed by atoms with Gasteiger partial charge in [0.1, 0.15) is 11.5 Å². The van der Waals surface area contributed by atoms with Crippen LogP contribution >= 0.6 is 0 Å². The lowest BCUT2D eigenvalue weighted by Gasteiger charge is -2.28. The van der Waals surface area contributed by atoms with Crippen LogP contribution < -0.4 is 10.6 Å². The van der Waals surface area contributed by atoms with E-state index in [9.17, 15) is 13.9 Å². The van der Waals surface area contributed by atoms with Crippen molar-refractivity contribution in [2.24, 2.45) is 22.7 Å². The molecule has 0 saturated heterocycles. The molecule has 2 aromatic rings. The average Bonchev–Trinajstić information content (AvgIpc) is 3.31. The fourth-order valence-electron chi connectivity index (χ4n) is 5.76. The Hall–Kier alpha value is -2.61. The summed E-state index contributed by atoms with van der Waals surface area (Å²) in [5.41, 5.74) is 1.42. The summed E-state index contributed by atoms with van der Waals surface area (Å²) in [4.78, 5) is 13.8. The van der Waals surface area contributed by atoms with Gasteiger partial charge in [0.15, 0.2) is 11.6 Å². The molecule has 1 unspecified atom stereocenters. The van der Waals surface area contributed by atoms with E-state index < -0.39 is 11.6 Å². The quantitative estimate of drug-likeness (QED) is 0.530. The van der Waals surface area contributed by atoms with Gasteiger partial charge in [-0.15, -0.1) is 0 Å². The number of amidine groups is 1. The average molecular weight is 470 g/mol. The van der Waals surface area contributed by atoms with Crippen LogP contribution in [-0.2, 0) is 6.42 Å². The summed E-state index contributed by atoms with van der Waals surface area (Å²) in [6.07, 6.45) is 11.9. The molecule has 0 bridgehead atoms.